The Morgan fingerprint density at radius 3 is 2.77 bits per heavy atom. The van der Waals surface area contributed by atoms with Crippen molar-refractivity contribution in [1.82, 2.24) is 15.0 Å². The zero-order chi connectivity index (χ0) is 9.26. The first kappa shape index (κ1) is 8.12. The maximum atomic E-state index is 5.63. The lowest BCUT2D eigenvalue weighted by molar-refractivity contribution is 1.19. The molecule has 2 N–H and O–H groups in total. The van der Waals surface area contributed by atoms with Gasteiger partial charge in [0, 0.05) is 17.3 Å². The fourth-order valence-electron chi connectivity index (χ4n) is 0.927. The number of aryl methyl sites for hydroxylation is 1. The normalized spacial score (nSPS) is 10.2. The highest BCUT2D eigenvalue weighted by atomic mass is 32.1. The Kier molecular flexibility index (Phi) is 1.94. The number of nitrogens with two attached hydrogens (primary N) is 1. The molecule has 2 heterocycles. The van der Waals surface area contributed by atoms with Crippen LogP contribution in [0.5, 0.6) is 0 Å². The second-order valence-electron chi connectivity index (χ2n) is 2.55. The highest BCUT2D eigenvalue weighted by molar-refractivity contribution is 7.15. The van der Waals surface area contributed by atoms with Gasteiger partial charge in [0.25, 0.3) is 0 Å². The number of hydrogen-bond donors (Lipinski definition) is 1. The van der Waals surface area contributed by atoms with Gasteiger partial charge in [-0.2, -0.15) is 0 Å². The molecule has 2 aromatic heterocycles. The van der Waals surface area contributed by atoms with E-state index < -0.39 is 0 Å². The summed E-state index contributed by atoms with van der Waals surface area (Å²) >= 11 is 1.53. The fraction of sp³-hybridized carbons (Fsp3) is 0.125. The van der Waals surface area contributed by atoms with Gasteiger partial charge < -0.3 is 5.73 Å². The molecular formula is C8H8N4S. The molecular weight excluding hydrogens is 184 g/mol. The van der Waals surface area contributed by atoms with Crippen LogP contribution in [0.1, 0.15) is 4.88 Å². The molecule has 0 amide bonds. The van der Waals surface area contributed by atoms with Gasteiger partial charge in [-0.25, -0.2) is 4.98 Å². The van der Waals surface area contributed by atoms with E-state index in [0.717, 1.165) is 15.6 Å². The summed E-state index contributed by atoms with van der Waals surface area (Å²) in [7, 11) is 0. The third-order valence-corrected chi connectivity index (χ3v) is 2.62. The van der Waals surface area contributed by atoms with E-state index in [1.165, 1.54) is 11.3 Å². The molecule has 0 atom stereocenters. The molecule has 0 fully saturated rings. The van der Waals surface area contributed by atoms with E-state index in [-0.39, 0.29) is 0 Å². The van der Waals surface area contributed by atoms with E-state index in [4.69, 9.17) is 5.73 Å². The summed E-state index contributed by atoms with van der Waals surface area (Å²) in [6, 6.07) is 0. The highest BCUT2D eigenvalue weighted by Gasteiger charge is 2.06. The van der Waals surface area contributed by atoms with Crippen LogP contribution in [0.2, 0.25) is 0 Å². The monoisotopic (exact) mass is 192 g/mol. The topological polar surface area (TPSA) is 64.7 Å². The minimum Gasteiger partial charge on any atom is -0.383 e. The molecule has 0 bridgehead atoms. The minimum absolute atomic E-state index is 0.575. The number of thiazole rings is 1. The van der Waals surface area contributed by atoms with E-state index in [2.05, 4.69) is 15.0 Å². The van der Waals surface area contributed by atoms with Crippen LogP contribution < -0.4 is 5.73 Å². The SMILES string of the molecule is Cc1sc(-c2cnccn2)nc1N. The van der Waals surface area contributed by atoms with Crippen molar-refractivity contribution in [2.75, 3.05) is 5.73 Å². The molecule has 0 unspecified atom stereocenters. The molecule has 13 heavy (non-hydrogen) atoms. The maximum absolute atomic E-state index is 5.63. The van der Waals surface area contributed by atoms with Gasteiger partial charge >= 0.3 is 0 Å². The van der Waals surface area contributed by atoms with E-state index in [1.807, 2.05) is 6.92 Å². The summed E-state index contributed by atoms with van der Waals surface area (Å²) in [4.78, 5) is 13.3. The molecule has 0 aliphatic carbocycles. The lowest BCUT2D eigenvalue weighted by atomic mass is 10.5. The molecule has 0 radical (unpaired) electrons. The maximum Gasteiger partial charge on any atom is 0.146 e. The van der Waals surface area contributed by atoms with Gasteiger partial charge in [0.05, 0.1) is 6.20 Å². The zero-order valence-corrected chi connectivity index (χ0v) is 7.88. The average Bonchev–Trinajstić information content (AvgIpc) is 2.49. The molecule has 0 spiro atoms. The van der Waals surface area contributed by atoms with Gasteiger partial charge in [-0.3, -0.25) is 9.97 Å². The first-order chi connectivity index (χ1) is 6.27. The lowest BCUT2D eigenvalue weighted by Crippen LogP contribution is -1.87. The Bertz CT molecular complexity index is 390. The molecule has 66 valence electrons. The third-order valence-electron chi connectivity index (χ3n) is 1.61. The number of nitrogens with zero attached hydrogens (tertiary/aromatic N) is 3. The molecule has 4 nitrogen and oxygen atoms in total. The van der Waals surface area contributed by atoms with Gasteiger partial charge in [0.15, 0.2) is 0 Å². The van der Waals surface area contributed by atoms with E-state index in [0.29, 0.717) is 5.82 Å². The predicted molar refractivity (Wildman–Crippen MR) is 52.3 cm³/mol. The Balaban J connectivity index is 2.48. The van der Waals surface area contributed by atoms with E-state index >= 15 is 0 Å². The zero-order valence-electron chi connectivity index (χ0n) is 7.06. The second kappa shape index (κ2) is 3.10. The van der Waals surface area contributed by atoms with Crippen molar-refractivity contribution in [3.05, 3.63) is 23.5 Å². The first-order valence-electron chi connectivity index (χ1n) is 3.76. The smallest absolute Gasteiger partial charge is 0.146 e. The largest absolute Gasteiger partial charge is 0.383 e. The number of rotatable bonds is 1. The molecule has 0 aliphatic heterocycles. The quantitative estimate of drug-likeness (QED) is 0.743. The van der Waals surface area contributed by atoms with Crippen molar-refractivity contribution < 1.29 is 0 Å². The summed E-state index contributed by atoms with van der Waals surface area (Å²) in [5.74, 6) is 0.575. The predicted octanol–water partition coefficient (Wildman–Crippen LogP) is 1.49. The molecule has 0 saturated heterocycles. The van der Waals surface area contributed by atoms with Gasteiger partial charge in [-0.15, -0.1) is 11.3 Å². The second-order valence-corrected chi connectivity index (χ2v) is 3.75. The van der Waals surface area contributed by atoms with Crippen LogP contribution in [0, 0.1) is 6.92 Å². The molecule has 0 aromatic carbocycles. The lowest BCUT2D eigenvalue weighted by Gasteiger charge is -1.90. The Morgan fingerprint density at radius 2 is 2.23 bits per heavy atom. The molecule has 2 aromatic rings. The van der Waals surface area contributed by atoms with Gasteiger partial charge in [-0.1, -0.05) is 0 Å². The molecule has 0 saturated carbocycles. The highest BCUT2D eigenvalue weighted by Crippen LogP contribution is 2.26. The minimum atomic E-state index is 0.575. The van der Waals surface area contributed by atoms with Crippen molar-refractivity contribution in [1.29, 1.82) is 0 Å². The van der Waals surface area contributed by atoms with Crippen molar-refractivity contribution in [2.45, 2.75) is 6.92 Å². The Labute approximate surface area is 79.5 Å². The molecule has 2 rings (SSSR count). The summed E-state index contributed by atoms with van der Waals surface area (Å²) in [5.41, 5.74) is 6.40. The Morgan fingerprint density at radius 1 is 1.38 bits per heavy atom. The van der Waals surface area contributed by atoms with Crippen LogP contribution in [0.25, 0.3) is 10.7 Å². The fourth-order valence-corrected chi connectivity index (χ4v) is 1.72. The number of anilines is 1. The van der Waals surface area contributed by atoms with Crippen molar-refractivity contribution in [2.24, 2.45) is 0 Å². The summed E-state index contributed by atoms with van der Waals surface area (Å²) < 4.78 is 0. The number of nitrogen functional groups attached to an aromatic ring is 1. The van der Waals surface area contributed by atoms with Crippen LogP contribution in [0.15, 0.2) is 18.6 Å². The van der Waals surface area contributed by atoms with Crippen LogP contribution in [-0.2, 0) is 0 Å². The van der Waals surface area contributed by atoms with Gasteiger partial charge in [-0.05, 0) is 6.92 Å². The summed E-state index contributed by atoms with van der Waals surface area (Å²) in [5, 5.41) is 0.822. The van der Waals surface area contributed by atoms with Crippen LogP contribution in [-0.4, -0.2) is 15.0 Å². The molecule has 0 aliphatic rings. The summed E-state index contributed by atoms with van der Waals surface area (Å²) in [6.45, 7) is 1.94. The van der Waals surface area contributed by atoms with Crippen LogP contribution in [0.4, 0.5) is 5.82 Å². The van der Waals surface area contributed by atoms with Crippen molar-refractivity contribution in [3.63, 3.8) is 0 Å². The standard InChI is InChI=1S/C8H8N4S/c1-5-7(9)12-8(13-5)6-4-10-2-3-11-6/h2-4H,9H2,1H3. The van der Waals surface area contributed by atoms with E-state index in [9.17, 15) is 0 Å². The third kappa shape index (κ3) is 1.50. The van der Waals surface area contributed by atoms with Crippen LogP contribution in [0.3, 0.4) is 0 Å². The molecule has 5 heteroatoms. The van der Waals surface area contributed by atoms with Crippen LogP contribution >= 0.6 is 11.3 Å². The first-order valence-corrected chi connectivity index (χ1v) is 4.58. The number of hydrogen-bond acceptors (Lipinski definition) is 5. The van der Waals surface area contributed by atoms with Crippen molar-refractivity contribution >= 4 is 17.2 Å². The van der Waals surface area contributed by atoms with Crippen molar-refractivity contribution in [3.8, 4) is 10.7 Å². The van der Waals surface area contributed by atoms with Gasteiger partial charge in [0.2, 0.25) is 0 Å². The van der Waals surface area contributed by atoms with Gasteiger partial charge in [0.1, 0.15) is 16.5 Å². The number of aromatic nitrogens is 3. The summed E-state index contributed by atoms with van der Waals surface area (Å²) in [6.07, 6.45) is 4.95. The average molecular weight is 192 g/mol. The Hall–Kier alpha value is -1.49. The van der Waals surface area contributed by atoms with E-state index in [1.54, 1.807) is 18.6 Å².